The van der Waals surface area contributed by atoms with Crippen LogP contribution in [0.3, 0.4) is 0 Å². The summed E-state index contributed by atoms with van der Waals surface area (Å²) < 4.78 is 22.4. The van der Waals surface area contributed by atoms with Crippen LogP contribution in [0.2, 0.25) is 0 Å². The van der Waals surface area contributed by atoms with Crippen molar-refractivity contribution in [3.05, 3.63) is 51.2 Å². The molecule has 3 heterocycles. The van der Waals surface area contributed by atoms with Gasteiger partial charge in [0.2, 0.25) is 0 Å². The fourth-order valence-corrected chi connectivity index (χ4v) is 3.90. The minimum absolute atomic E-state index is 0.254. The van der Waals surface area contributed by atoms with Crippen LogP contribution in [-0.2, 0) is 4.74 Å². The van der Waals surface area contributed by atoms with E-state index in [1.807, 2.05) is 22.6 Å². The van der Waals surface area contributed by atoms with Gasteiger partial charge in [-0.2, -0.15) is 0 Å². The van der Waals surface area contributed by atoms with E-state index < -0.39 is 11.8 Å². The quantitative estimate of drug-likeness (QED) is 0.361. The lowest BCUT2D eigenvalue weighted by Crippen LogP contribution is -2.10. The van der Waals surface area contributed by atoms with Crippen LogP contribution >= 0.6 is 33.9 Å². The Labute approximate surface area is 158 Å². The number of methoxy groups -OCH3 is 1. The molecule has 0 bridgehead atoms. The van der Waals surface area contributed by atoms with Gasteiger partial charge in [-0.1, -0.05) is 0 Å². The Kier molecular flexibility index (Phi) is 4.04. The minimum Gasteiger partial charge on any atom is -0.465 e. The zero-order valence-corrected chi connectivity index (χ0v) is 15.8. The predicted molar refractivity (Wildman–Crippen MR) is 102 cm³/mol. The Morgan fingerprint density at radius 3 is 3.04 bits per heavy atom. The topological polar surface area (TPSA) is 68.5 Å². The molecule has 6 nitrogen and oxygen atoms in total. The number of rotatable bonds is 3. The summed E-state index contributed by atoms with van der Waals surface area (Å²) in [5.74, 6) is -0.560. The maximum Gasteiger partial charge on any atom is 0.343 e. The van der Waals surface area contributed by atoms with E-state index in [0.717, 1.165) is 9.09 Å². The number of carbonyl (C=O) groups excluding carboxylic acids is 1. The second-order valence-corrected chi connectivity index (χ2v) is 7.24. The van der Waals surface area contributed by atoms with Gasteiger partial charge in [0.1, 0.15) is 29.0 Å². The molecule has 0 saturated carbocycles. The molecule has 0 atom stereocenters. The van der Waals surface area contributed by atoms with Crippen molar-refractivity contribution in [1.82, 2.24) is 14.4 Å². The van der Waals surface area contributed by atoms with Crippen LogP contribution in [-0.4, -0.2) is 27.4 Å². The molecule has 3 aromatic heterocycles. The second-order valence-electron chi connectivity index (χ2n) is 5.14. The van der Waals surface area contributed by atoms with Crippen LogP contribution in [0.15, 0.2) is 36.2 Å². The molecule has 1 N–H and O–H groups in total. The van der Waals surface area contributed by atoms with Crippen molar-refractivity contribution in [1.29, 1.82) is 0 Å². The number of ether oxygens (including phenoxy) is 1. The molecular weight excluding hydrogens is 458 g/mol. The molecule has 0 spiro atoms. The maximum absolute atomic E-state index is 14.3. The third-order valence-corrected chi connectivity index (χ3v) is 5.24. The summed E-state index contributed by atoms with van der Waals surface area (Å²) in [6, 6.07) is 4.81. The summed E-state index contributed by atoms with van der Waals surface area (Å²) in [5, 5.41) is 3.02. The number of nitrogens with zero attached hydrogens (tertiary/aromatic N) is 3. The van der Waals surface area contributed by atoms with Crippen molar-refractivity contribution in [3.63, 3.8) is 0 Å². The molecule has 0 aliphatic carbocycles. The van der Waals surface area contributed by atoms with Crippen LogP contribution in [0.5, 0.6) is 0 Å². The third-order valence-electron chi connectivity index (χ3n) is 3.73. The molecule has 0 unspecified atom stereocenters. The largest absolute Gasteiger partial charge is 0.465 e. The first-order valence-electron chi connectivity index (χ1n) is 7.11. The average molecular weight is 468 g/mol. The van der Waals surface area contributed by atoms with Gasteiger partial charge in [0.05, 0.1) is 34.7 Å². The highest BCUT2D eigenvalue weighted by Crippen LogP contribution is 2.35. The standard InChI is InChI=1S/C16H10FIN4O2S/c1-24-16(23)12-14-13(20-7-25-14)11-5-19-6-22(11)15(12)21-10-3-2-8(18)4-9(10)17/h2-7,21H,1H3. The summed E-state index contributed by atoms with van der Waals surface area (Å²) in [4.78, 5) is 20.9. The number of fused-ring (bicyclic) bond motifs is 3. The van der Waals surface area contributed by atoms with Crippen LogP contribution in [0.25, 0.3) is 15.7 Å². The van der Waals surface area contributed by atoms with Crippen LogP contribution in [0, 0.1) is 9.39 Å². The number of esters is 1. The third kappa shape index (κ3) is 2.63. The molecule has 1 aromatic carbocycles. The first-order valence-corrected chi connectivity index (χ1v) is 9.07. The Morgan fingerprint density at radius 2 is 2.28 bits per heavy atom. The Bertz CT molecular complexity index is 1120. The van der Waals surface area contributed by atoms with Crippen molar-refractivity contribution < 1.29 is 13.9 Å². The van der Waals surface area contributed by atoms with Crippen LogP contribution in [0.1, 0.15) is 10.4 Å². The fraction of sp³-hybridized carbons (Fsp3) is 0.0625. The van der Waals surface area contributed by atoms with Crippen molar-refractivity contribution in [2.45, 2.75) is 0 Å². The first kappa shape index (κ1) is 16.2. The van der Waals surface area contributed by atoms with Gasteiger partial charge < -0.3 is 10.1 Å². The van der Waals surface area contributed by atoms with Gasteiger partial charge in [-0.25, -0.2) is 19.2 Å². The lowest BCUT2D eigenvalue weighted by Gasteiger charge is -2.15. The number of thiazole rings is 1. The number of benzene rings is 1. The lowest BCUT2D eigenvalue weighted by atomic mass is 10.2. The van der Waals surface area contributed by atoms with Crippen molar-refractivity contribution in [2.75, 3.05) is 12.4 Å². The van der Waals surface area contributed by atoms with Crippen molar-refractivity contribution in [2.24, 2.45) is 0 Å². The lowest BCUT2D eigenvalue weighted by molar-refractivity contribution is 0.0604. The zero-order valence-electron chi connectivity index (χ0n) is 12.8. The summed E-state index contributed by atoms with van der Waals surface area (Å²) >= 11 is 3.36. The van der Waals surface area contributed by atoms with E-state index >= 15 is 0 Å². The van der Waals surface area contributed by atoms with E-state index in [1.54, 1.807) is 34.6 Å². The smallest absolute Gasteiger partial charge is 0.343 e. The molecule has 0 radical (unpaired) electrons. The van der Waals surface area contributed by atoms with Gasteiger partial charge in [0.15, 0.2) is 0 Å². The molecule has 25 heavy (non-hydrogen) atoms. The minimum atomic E-state index is -0.529. The summed E-state index contributed by atoms with van der Waals surface area (Å²) in [6.45, 7) is 0. The number of carbonyl (C=O) groups is 1. The van der Waals surface area contributed by atoms with E-state index in [9.17, 15) is 9.18 Å². The zero-order chi connectivity index (χ0) is 17.6. The van der Waals surface area contributed by atoms with Crippen LogP contribution in [0.4, 0.5) is 15.9 Å². The van der Waals surface area contributed by atoms with E-state index in [2.05, 4.69) is 15.3 Å². The van der Waals surface area contributed by atoms with E-state index in [0.29, 0.717) is 21.6 Å². The molecular formula is C16H10FIN4O2S. The van der Waals surface area contributed by atoms with E-state index in [4.69, 9.17) is 4.74 Å². The average Bonchev–Trinajstić information content (AvgIpc) is 3.25. The Morgan fingerprint density at radius 1 is 1.44 bits per heavy atom. The normalized spacial score (nSPS) is 11.2. The summed E-state index contributed by atoms with van der Waals surface area (Å²) in [6.07, 6.45) is 3.20. The molecule has 9 heteroatoms. The number of imidazole rings is 1. The molecule has 0 saturated heterocycles. The maximum atomic E-state index is 14.3. The number of hydrogen-bond acceptors (Lipinski definition) is 6. The number of pyridine rings is 1. The SMILES string of the molecule is COC(=O)c1c(Nc2ccc(I)cc2F)n2cncc2c2ncsc12. The van der Waals surface area contributed by atoms with E-state index in [-0.39, 0.29) is 5.69 Å². The summed E-state index contributed by atoms with van der Waals surface area (Å²) in [7, 11) is 1.31. The number of anilines is 2. The van der Waals surface area contributed by atoms with Crippen LogP contribution < -0.4 is 5.32 Å². The number of halogens is 2. The van der Waals surface area contributed by atoms with Gasteiger partial charge >= 0.3 is 5.97 Å². The Balaban J connectivity index is 2.02. The Hall–Kier alpha value is -2.27. The molecule has 0 aliphatic heterocycles. The molecule has 4 rings (SSSR count). The fourth-order valence-electron chi connectivity index (χ4n) is 2.61. The van der Waals surface area contributed by atoms with Gasteiger partial charge in [-0.3, -0.25) is 4.40 Å². The number of hydrogen-bond donors (Lipinski definition) is 1. The predicted octanol–water partition coefficient (Wildman–Crippen LogP) is 4.22. The molecule has 4 aromatic rings. The number of nitrogens with one attached hydrogen (secondary N) is 1. The van der Waals surface area contributed by atoms with Gasteiger partial charge in [0.25, 0.3) is 0 Å². The van der Waals surface area contributed by atoms with Gasteiger partial charge in [-0.05, 0) is 40.8 Å². The summed E-state index contributed by atoms with van der Waals surface area (Å²) in [5.41, 5.74) is 3.57. The monoisotopic (exact) mass is 468 g/mol. The first-order chi connectivity index (χ1) is 12.1. The van der Waals surface area contributed by atoms with Gasteiger partial charge in [-0.15, -0.1) is 11.3 Å². The molecule has 126 valence electrons. The second kappa shape index (κ2) is 6.23. The highest BCUT2D eigenvalue weighted by Gasteiger charge is 2.23. The van der Waals surface area contributed by atoms with Gasteiger partial charge in [0, 0.05) is 3.57 Å². The van der Waals surface area contributed by atoms with Crippen molar-refractivity contribution >= 4 is 67.1 Å². The molecule has 0 fully saturated rings. The highest BCUT2D eigenvalue weighted by molar-refractivity contribution is 14.1. The highest BCUT2D eigenvalue weighted by atomic mass is 127. The van der Waals surface area contributed by atoms with E-state index in [1.165, 1.54) is 24.5 Å². The number of aromatic nitrogens is 3. The molecule has 0 amide bonds. The van der Waals surface area contributed by atoms with Crippen molar-refractivity contribution in [3.8, 4) is 0 Å². The molecule has 0 aliphatic rings.